The molecule has 1 saturated heterocycles. The molecular weight excluding hydrogens is 356 g/mol. The molecule has 2 aromatic rings. The van der Waals surface area contributed by atoms with Gasteiger partial charge in [-0.1, -0.05) is 37.3 Å². The fourth-order valence-electron chi connectivity index (χ4n) is 3.72. The largest absolute Gasteiger partial charge is 0.489 e. The predicted octanol–water partition coefficient (Wildman–Crippen LogP) is 2.59. The lowest BCUT2D eigenvalue weighted by Crippen LogP contribution is -2.52. The van der Waals surface area contributed by atoms with Crippen LogP contribution in [-0.4, -0.2) is 28.7 Å². The van der Waals surface area contributed by atoms with Crippen LogP contribution in [-0.2, 0) is 29.2 Å². The zero-order valence-corrected chi connectivity index (χ0v) is 15.7. The van der Waals surface area contributed by atoms with E-state index in [1.54, 1.807) is 12.1 Å². The van der Waals surface area contributed by atoms with Crippen molar-refractivity contribution in [3.05, 3.63) is 64.7 Å². The monoisotopic (exact) mass is 378 g/mol. The van der Waals surface area contributed by atoms with Crippen LogP contribution in [0.2, 0.25) is 0 Å². The van der Waals surface area contributed by atoms with Crippen molar-refractivity contribution in [3.8, 4) is 5.75 Å². The molecule has 144 valence electrons. The van der Waals surface area contributed by atoms with Crippen LogP contribution < -0.4 is 10.1 Å². The summed E-state index contributed by atoms with van der Waals surface area (Å²) < 4.78 is 6.00. The van der Waals surface area contributed by atoms with Crippen molar-refractivity contribution in [2.75, 3.05) is 0 Å². The summed E-state index contributed by atoms with van der Waals surface area (Å²) in [5.74, 6) is -0.234. The van der Waals surface area contributed by atoms with E-state index in [1.807, 2.05) is 18.2 Å². The van der Waals surface area contributed by atoms with E-state index in [2.05, 4.69) is 24.4 Å². The van der Waals surface area contributed by atoms with Gasteiger partial charge in [0.1, 0.15) is 18.4 Å². The Morgan fingerprint density at radius 1 is 1.07 bits per heavy atom. The summed E-state index contributed by atoms with van der Waals surface area (Å²) in [6.07, 6.45) is 1.59. The minimum Gasteiger partial charge on any atom is -0.489 e. The van der Waals surface area contributed by atoms with Gasteiger partial charge in [-0.15, -0.1) is 0 Å². The van der Waals surface area contributed by atoms with Gasteiger partial charge in [-0.25, -0.2) is 0 Å². The fraction of sp³-hybridized carbons (Fsp3) is 0.318. The van der Waals surface area contributed by atoms with Crippen LogP contribution in [0.15, 0.2) is 42.5 Å². The minimum absolute atomic E-state index is 0.192. The zero-order chi connectivity index (χ0) is 19.7. The van der Waals surface area contributed by atoms with Gasteiger partial charge >= 0.3 is 0 Å². The number of ether oxygens (including phenoxy) is 1. The average molecular weight is 378 g/mol. The van der Waals surface area contributed by atoms with Crippen molar-refractivity contribution < 1.29 is 19.1 Å². The van der Waals surface area contributed by atoms with Crippen LogP contribution in [0, 0.1) is 0 Å². The lowest BCUT2D eigenvalue weighted by molar-refractivity contribution is -0.136. The molecule has 0 aromatic heterocycles. The van der Waals surface area contributed by atoms with Crippen molar-refractivity contribution in [3.63, 3.8) is 0 Å². The number of carbonyl (C=O) groups is 3. The van der Waals surface area contributed by atoms with E-state index >= 15 is 0 Å². The first-order valence-corrected chi connectivity index (χ1v) is 9.54. The van der Waals surface area contributed by atoms with Crippen LogP contribution in [0.1, 0.15) is 46.8 Å². The van der Waals surface area contributed by atoms with Crippen molar-refractivity contribution in [2.45, 2.75) is 45.4 Å². The molecule has 1 unspecified atom stereocenters. The van der Waals surface area contributed by atoms with Gasteiger partial charge in [0.25, 0.3) is 5.91 Å². The van der Waals surface area contributed by atoms with E-state index < -0.39 is 11.9 Å². The summed E-state index contributed by atoms with van der Waals surface area (Å²) in [7, 11) is 0. The number of carbonyl (C=O) groups excluding carboxylic acids is 3. The number of hydrogen-bond acceptors (Lipinski definition) is 4. The molecule has 1 fully saturated rings. The lowest BCUT2D eigenvalue weighted by atomic mass is 10.0. The first-order chi connectivity index (χ1) is 13.6. The summed E-state index contributed by atoms with van der Waals surface area (Å²) >= 11 is 0. The van der Waals surface area contributed by atoms with E-state index in [1.165, 1.54) is 10.5 Å². The molecular formula is C22H22N2O4. The molecule has 28 heavy (non-hydrogen) atoms. The Balaban J connectivity index is 1.50. The summed E-state index contributed by atoms with van der Waals surface area (Å²) in [5, 5.41) is 2.32. The first-order valence-electron chi connectivity index (χ1n) is 9.54. The van der Waals surface area contributed by atoms with Crippen molar-refractivity contribution in [1.29, 1.82) is 0 Å². The first kappa shape index (κ1) is 18.2. The van der Waals surface area contributed by atoms with Crippen LogP contribution >= 0.6 is 0 Å². The Hall–Kier alpha value is -3.15. The molecule has 6 nitrogen and oxygen atoms in total. The van der Waals surface area contributed by atoms with Gasteiger partial charge < -0.3 is 9.64 Å². The van der Waals surface area contributed by atoms with Gasteiger partial charge in [0.15, 0.2) is 0 Å². The Morgan fingerprint density at radius 3 is 2.54 bits per heavy atom. The third-order valence-electron chi connectivity index (χ3n) is 5.36. The Morgan fingerprint density at radius 2 is 1.82 bits per heavy atom. The second-order valence-corrected chi connectivity index (χ2v) is 7.14. The molecule has 1 atom stereocenters. The molecule has 6 heteroatoms. The number of nitrogens with one attached hydrogen (secondary N) is 1. The molecule has 1 N–H and O–H groups in total. The average Bonchev–Trinajstić information content (AvgIpc) is 3.04. The molecule has 0 bridgehead atoms. The summed E-state index contributed by atoms with van der Waals surface area (Å²) in [4.78, 5) is 37.9. The molecule has 2 aliphatic heterocycles. The summed E-state index contributed by atoms with van der Waals surface area (Å²) in [6, 6.07) is 13.0. The highest BCUT2D eigenvalue weighted by Gasteiger charge is 2.40. The maximum atomic E-state index is 12.8. The Bertz CT molecular complexity index is 936. The third-order valence-corrected chi connectivity index (χ3v) is 5.36. The summed E-state index contributed by atoms with van der Waals surface area (Å²) in [6.45, 7) is 2.84. The van der Waals surface area contributed by atoms with Gasteiger partial charge in [-0.2, -0.15) is 0 Å². The van der Waals surface area contributed by atoms with E-state index in [0.29, 0.717) is 30.9 Å². The number of amides is 3. The number of fused-ring (bicyclic) bond motifs is 1. The number of hydrogen-bond donors (Lipinski definition) is 1. The number of benzene rings is 2. The molecule has 2 aromatic carbocycles. The maximum absolute atomic E-state index is 12.8. The van der Waals surface area contributed by atoms with E-state index in [9.17, 15) is 14.4 Å². The molecule has 3 amide bonds. The van der Waals surface area contributed by atoms with Gasteiger partial charge in [0.05, 0.1) is 6.54 Å². The topological polar surface area (TPSA) is 75.7 Å². The number of nitrogens with zero attached hydrogens (tertiary/aromatic N) is 1. The Kier molecular flexibility index (Phi) is 4.86. The van der Waals surface area contributed by atoms with Gasteiger partial charge in [-0.3, -0.25) is 19.7 Å². The van der Waals surface area contributed by atoms with E-state index in [0.717, 1.165) is 17.5 Å². The Labute approximate surface area is 163 Å². The fourth-order valence-corrected chi connectivity index (χ4v) is 3.72. The number of imide groups is 1. The lowest BCUT2D eigenvalue weighted by Gasteiger charge is -2.29. The van der Waals surface area contributed by atoms with Crippen molar-refractivity contribution >= 4 is 17.7 Å². The predicted molar refractivity (Wildman–Crippen MR) is 103 cm³/mol. The van der Waals surface area contributed by atoms with Crippen molar-refractivity contribution in [1.82, 2.24) is 10.2 Å². The van der Waals surface area contributed by atoms with Gasteiger partial charge in [0.2, 0.25) is 11.8 Å². The normalized spacial score (nSPS) is 18.8. The van der Waals surface area contributed by atoms with E-state index in [-0.39, 0.29) is 18.2 Å². The van der Waals surface area contributed by atoms with Gasteiger partial charge in [0, 0.05) is 17.5 Å². The quantitative estimate of drug-likeness (QED) is 0.812. The molecule has 0 radical (unpaired) electrons. The van der Waals surface area contributed by atoms with Crippen LogP contribution in [0.4, 0.5) is 0 Å². The molecule has 2 heterocycles. The van der Waals surface area contributed by atoms with E-state index in [4.69, 9.17) is 4.74 Å². The van der Waals surface area contributed by atoms with Gasteiger partial charge in [-0.05, 0) is 36.1 Å². The molecule has 0 spiro atoms. The number of piperidine rings is 1. The second kappa shape index (κ2) is 7.46. The summed E-state index contributed by atoms with van der Waals surface area (Å²) in [5.41, 5.74) is 3.68. The maximum Gasteiger partial charge on any atom is 0.255 e. The highest BCUT2D eigenvalue weighted by atomic mass is 16.5. The standard InChI is InChI=1S/C22H22N2O4/c1-2-14-6-8-15(9-7-14)13-28-19-5-3-4-16-17(19)12-24(22(16)27)18-10-11-20(25)23-21(18)26/h3-9,18H,2,10-13H2,1H3,(H,23,25,26). The number of rotatable bonds is 5. The van der Waals surface area contributed by atoms with Crippen LogP contribution in [0.5, 0.6) is 5.75 Å². The minimum atomic E-state index is -0.618. The highest BCUT2D eigenvalue weighted by Crippen LogP contribution is 2.33. The SMILES string of the molecule is CCc1ccc(COc2cccc3c2CN(C2CCC(=O)NC2=O)C3=O)cc1. The molecule has 2 aliphatic rings. The smallest absolute Gasteiger partial charge is 0.255 e. The molecule has 0 aliphatic carbocycles. The molecule has 0 saturated carbocycles. The van der Waals surface area contributed by atoms with Crippen molar-refractivity contribution in [2.24, 2.45) is 0 Å². The second-order valence-electron chi connectivity index (χ2n) is 7.14. The zero-order valence-electron chi connectivity index (χ0n) is 15.7. The molecule has 4 rings (SSSR count). The third kappa shape index (κ3) is 3.38. The van der Waals surface area contributed by atoms with Crippen LogP contribution in [0.25, 0.3) is 0 Å². The number of aryl methyl sites for hydroxylation is 1. The highest BCUT2D eigenvalue weighted by molar-refractivity contribution is 6.05. The van der Waals surface area contributed by atoms with Crippen LogP contribution in [0.3, 0.4) is 0 Å².